The Morgan fingerprint density at radius 2 is 1.84 bits per heavy atom. The molecule has 0 heterocycles. The van der Waals surface area contributed by atoms with Crippen molar-refractivity contribution in [1.29, 1.82) is 0 Å². The number of aliphatic hydroxyl groups excluding tert-OH is 1. The largest absolute Gasteiger partial charge is 0.395 e. The molecule has 1 N–H and O–H groups in total. The van der Waals surface area contributed by atoms with Gasteiger partial charge in [0.2, 0.25) is 0 Å². The molecule has 0 atom stereocenters. The van der Waals surface area contributed by atoms with Crippen LogP contribution in [-0.2, 0) is 11.3 Å². The summed E-state index contributed by atoms with van der Waals surface area (Å²) < 4.78 is 0. The molecular formula is C16H25NO2. The first-order valence-electron chi connectivity index (χ1n) is 7.03. The second kappa shape index (κ2) is 8.08. The maximum absolute atomic E-state index is 11.4. The quantitative estimate of drug-likeness (QED) is 0.696. The summed E-state index contributed by atoms with van der Waals surface area (Å²) in [6.07, 6.45) is 2.76. The van der Waals surface area contributed by atoms with Crippen LogP contribution in [0.15, 0.2) is 30.3 Å². The Bertz CT molecular complexity index is 360. The molecule has 0 aliphatic rings. The predicted octanol–water partition coefficient (Wildman–Crippen LogP) is 2.49. The molecule has 3 nitrogen and oxygen atoms in total. The van der Waals surface area contributed by atoms with E-state index in [1.54, 1.807) is 0 Å². The zero-order valence-electron chi connectivity index (χ0n) is 12.0. The summed E-state index contributed by atoms with van der Waals surface area (Å²) in [6, 6.07) is 10.2. The summed E-state index contributed by atoms with van der Waals surface area (Å²) in [7, 11) is 0. The van der Waals surface area contributed by atoms with Crippen LogP contribution >= 0.6 is 0 Å². The highest BCUT2D eigenvalue weighted by molar-refractivity contribution is 5.59. The number of aldehydes is 1. The summed E-state index contributed by atoms with van der Waals surface area (Å²) in [5, 5.41) is 9.20. The molecule has 0 saturated heterocycles. The zero-order valence-corrected chi connectivity index (χ0v) is 12.0. The Hall–Kier alpha value is -1.19. The highest BCUT2D eigenvalue weighted by Gasteiger charge is 2.28. The van der Waals surface area contributed by atoms with E-state index in [4.69, 9.17) is 0 Å². The van der Waals surface area contributed by atoms with Gasteiger partial charge in [-0.15, -0.1) is 0 Å². The SMILES string of the molecule is CCC(C=O)(CC)CN(CCO)Cc1ccccc1. The van der Waals surface area contributed by atoms with Gasteiger partial charge in [-0.2, -0.15) is 0 Å². The lowest BCUT2D eigenvalue weighted by Gasteiger charge is -2.32. The van der Waals surface area contributed by atoms with E-state index in [1.807, 2.05) is 18.2 Å². The van der Waals surface area contributed by atoms with E-state index < -0.39 is 0 Å². The van der Waals surface area contributed by atoms with Crippen molar-refractivity contribution in [2.24, 2.45) is 5.41 Å². The van der Waals surface area contributed by atoms with Crippen molar-refractivity contribution >= 4 is 6.29 Å². The third-order valence-electron chi connectivity index (χ3n) is 3.86. The average molecular weight is 263 g/mol. The Balaban J connectivity index is 2.74. The number of carbonyl (C=O) groups is 1. The first-order chi connectivity index (χ1) is 9.19. The molecule has 3 heteroatoms. The number of hydrogen-bond acceptors (Lipinski definition) is 3. The summed E-state index contributed by atoms with van der Waals surface area (Å²) >= 11 is 0. The van der Waals surface area contributed by atoms with Gasteiger partial charge in [0.1, 0.15) is 6.29 Å². The van der Waals surface area contributed by atoms with Crippen molar-refractivity contribution in [1.82, 2.24) is 4.90 Å². The molecule has 0 bridgehead atoms. The first-order valence-corrected chi connectivity index (χ1v) is 7.03. The van der Waals surface area contributed by atoms with E-state index in [2.05, 4.69) is 30.9 Å². The smallest absolute Gasteiger partial charge is 0.127 e. The number of nitrogens with zero attached hydrogens (tertiary/aromatic N) is 1. The van der Waals surface area contributed by atoms with E-state index in [0.717, 1.165) is 25.7 Å². The third-order valence-corrected chi connectivity index (χ3v) is 3.86. The van der Waals surface area contributed by atoms with Crippen LogP contribution in [0, 0.1) is 5.41 Å². The molecule has 1 rings (SSSR count). The van der Waals surface area contributed by atoms with Crippen LogP contribution < -0.4 is 0 Å². The molecule has 0 aliphatic carbocycles. The molecule has 0 aromatic heterocycles. The monoisotopic (exact) mass is 263 g/mol. The highest BCUT2D eigenvalue weighted by atomic mass is 16.3. The van der Waals surface area contributed by atoms with Crippen molar-refractivity contribution in [2.75, 3.05) is 19.7 Å². The first kappa shape index (κ1) is 15.9. The van der Waals surface area contributed by atoms with E-state index in [9.17, 15) is 9.90 Å². The van der Waals surface area contributed by atoms with Gasteiger partial charge in [-0.3, -0.25) is 4.90 Å². The van der Waals surface area contributed by atoms with Crippen molar-refractivity contribution in [3.05, 3.63) is 35.9 Å². The number of benzene rings is 1. The van der Waals surface area contributed by atoms with Gasteiger partial charge in [0.25, 0.3) is 0 Å². The zero-order chi connectivity index (χ0) is 14.1. The number of carbonyl (C=O) groups excluding carboxylic acids is 1. The van der Waals surface area contributed by atoms with Gasteiger partial charge in [-0.25, -0.2) is 0 Å². The maximum atomic E-state index is 11.4. The molecule has 0 saturated carbocycles. The third kappa shape index (κ3) is 4.77. The molecule has 19 heavy (non-hydrogen) atoms. The molecule has 0 amide bonds. The van der Waals surface area contributed by atoms with Gasteiger partial charge in [0.15, 0.2) is 0 Å². The maximum Gasteiger partial charge on any atom is 0.127 e. The van der Waals surface area contributed by atoms with Gasteiger partial charge < -0.3 is 9.90 Å². The van der Waals surface area contributed by atoms with E-state index in [0.29, 0.717) is 13.1 Å². The highest BCUT2D eigenvalue weighted by Crippen LogP contribution is 2.25. The van der Waals surface area contributed by atoms with Crippen LogP contribution in [0.3, 0.4) is 0 Å². The summed E-state index contributed by atoms with van der Waals surface area (Å²) in [5.41, 5.74) is 0.923. The van der Waals surface area contributed by atoms with E-state index in [-0.39, 0.29) is 12.0 Å². The molecule has 0 aliphatic heterocycles. The Labute approximate surface area is 116 Å². The molecule has 106 valence electrons. The summed E-state index contributed by atoms with van der Waals surface area (Å²) in [5.74, 6) is 0. The van der Waals surface area contributed by atoms with Crippen LogP contribution in [-0.4, -0.2) is 36.0 Å². The van der Waals surface area contributed by atoms with Crippen LogP contribution in [0.4, 0.5) is 0 Å². The topological polar surface area (TPSA) is 40.5 Å². The lowest BCUT2D eigenvalue weighted by Crippen LogP contribution is -2.39. The minimum absolute atomic E-state index is 0.120. The second-order valence-corrected chi connectivity index (χ2v) is 5.11. The van der Waals surface area contributed by atoms with Gasteiger partial charge in [0.05, 0.1) is 6.61 Å². The molecule has 1 aromatic carbocycles. The molecule has 0 fully saturated rings. The second-order valence-electron chi connectivity index (χ2n) is 5.11. The number of rotatable bonds is 9. The van der Waals surface area contributed by atoms with Gasteiger partial charge in [-0.05, 0) is 18.4 Å². The predicted molar refractivity (Wildman–Crippen MR) is 77.9 cm³/mol. The standard InChI is InChI=1S/C16H25NO2/c1-3-16(4-2,14-19)13-17(10-11-18)12-15-8-6-5-7-9-15/h5-9,14,18H,3-4,10-13H2,1-2H3. The van der Waals surface area contributed by atoms with Gasteiger partial charge in [0, 0.05) is 25.0 Å². The Kier molecular flexibility index (Phi) is 6.74. The molecule has 1 aromatic rings. The molecule has 0 spiro atoms. The molecular weight excluding hydrogens is 238 g/mol. The minimum Gasteiger partial charge on any atom is -0.395 e. The number of hydrogen-bond donors (Lipinski definition) is 1. The van der Waals surface area contributed by atoms with Crippen molar-refractivity contribution in [2.45, 2.75) is 33.2 Å². The van der Waals surface area contributed by atoms with Crippen molar-refractivity contribution in [3.63, 3.8) is 0 Å². The lowest BCUT2D eigenvalue weighted by molar-refractivity contribution is -0.118. The van der Waals surface area contributed by atoms with Crippen LogP contribution in [0.1, 0.15) is 32.3 Å². The average Bonchev–Trinajstić information content (AvgIpc) is 2.46. The van der Waals surface area contributed by atoms with E-state index >= 15 is 0 Å². The number of aliphatic hydroxyl groups is 1. The van der Waals surface area contributed by atoms with Crippen LogP contribution in [0.2, 0.25) is 0 Å². The van der Waals surface area contributed by atoms with Crippen molar-refractivity contribution in [3.8, 4) is 0 Å². The van der Waals surface area contributed by atoms with Crippen LogP contribution in [0.25, 0.3) is 0 Å². The van der Waals surface area contributed by atoms with E-state index in [1.165, 1.54) is 5.56 Å². The molecule has 0 unspecified atom stereocenters. The van der Waals surface area contributed by atoms with Gasteiger partial charge in [-0.1, -0.05) is 44.2 Å². The normalized spacial score (nSPS) is 11.8. The van der Waals surface area contributed by atoms with Crippen LogP contribution in [0.5, 0.6) is 0 Å². The minimum atomic E-state index is -0.288. The Morgan fingerprint density at radius 1 is 1.21 bits per heavy atom. The Morgan fingerprint density at radius 3 is 2.32 bits per heavy atom. The fourth-order valence-electron chi connectivity index (χ4n) is 2.32. The van der Waals surface area contributed by atoms with Crippen molar-refractivity contribution < 1.29 is 9.90 Å². The molecule has 0 radical (unpaired) electrons. The summed E-state index contributed by atoms with van der Waals surface area (Å²) in [6.45, 7) is 6.31. The van der Waals surface area contributed by atoms with Gasteiger partial charge >= 0.3 is 0 Å². The summed E-state index contributed by atoms with van der Waals surface area (Å²) in [4.78, 5) is 13.6. The lowest BCUT2D eigenvalue weighted by atomic mass is 9.83. The fourth-order valence-corrected chi connectivity index (χ4v) is 2.32. The fraction of sp³-hybridized carbons (Fsp3) is 0.562.